The fourth-order valence-corrected chi connectivity index (χ4v) is 3.13. The molecule has 4 rings (SSSR count). The van der Waals surface area contributed by atoms with E-state index in [4.69, 9.17) is 9.15 Å². The standard InChI is InChI=1S/C23H22N4O4/c1-2-30-19-7-5-17(6-8-19)20-16-21-23(29)26(13-14-27(21)25-20)12-11-24-22(28)10-9-18-4-3-15-31-18/h3-10,13-16H,2,11-12H2,1H3,(H,24,28). The minimum Gasteiger partial charge on any atom is -0.494 e. The van der Waals surface area contributed by atoms with E-state index in [0.29, 0.717) is 36.7 Å². The molecular formula is C23H22N4O4. The zero-order valence-electron chi connectivity index (χ0n) is 17.0. The average molecular weight is 418 g/mol. The molecule has 4 aromatic rings. The molecule has 1 aromatic carbocycles. The maximum absolute atomic E-state index is 12.8. The Kier molecular flexibility index (Phi) is 5.98. The lowest BCUT2D eigenvalue weighted by Gasteiger charge is -2.06. The van der Waals surface area contributed by atoms with E-state index in [1.165, 1.54) is 12.3 Å². The Morgan fingerprint density at radius 2 is 2.06 bits per heavy atom. The van der Waals surface area contributed by atoms with Crippen LogP contribution in [0.25, 0.3) is 22.9 Å². The zero-order valence-corrected chi connectivity index (χ0v) is 17.0. The molecule has 0 aliphatic rings. The van der Waals surface area contributed by atoms with Gasteiger partial charge in [0.15, 0.2) is 0 Å². The van der Waals surface area contributed by atoms with E-state index in [-0.39, 0.29) is 11.5 Å². The van der Waals surface area contributed by atoms with Crippen LogP contribution >= 0.6 is 0 Å². The monoisotopic (exact) mass is 418 g/mol. The van der Waals surface area contributed by atoms with Gasteiger partial charge >= 0.3 is 0 Å². The first-order valence-corrected chi connectivity index (χ1v) is 9.95. The summed E-state index contributed by atoms with van der Waals surface area (Å²) < 4.78 is 13.7. The van der Waals surface area contributed by atoms with Gasteiger partial charge in [-0.1, -0.05) is 0 Å². The Morgan fingerprint density at radius 1 is 1.23 bits per heavy atom. The van der Waals surface area contributed by atoms with E-state index in [0.717, 1.165) is 11.3 Å². The van der Waals surface area contributed by atoms with E-state index >= 15 is 0 Å². The molecule has 0 aliphatic heterocycles. The van der Waals surface area contributed by atoms with Gasteiger partial charge in [-0.15, -0.1) is 0 Å². The van der Waals surface area contributed by atoms with E-state index in [9.17, 15) is 9.59 Å². The number of amides is 1. The molecule has 8 heteroatoms. The summed E-state index contributed by atoms with van der Waals surface area (Å²) >= 11 is 0. The molecule has 0 unspecified atom stereocenters. The molecule has 0 bridgehead atoms. The number of fused-ring (bicyclic) bond motifs is 1. The number of rotatable bonds is 8. The first kappa shape index (κ1) is 20.2. The predicted molar refractivity (Wildman–Crippen MR) is 117 cm³/mol. The highest BCUT2D eigenvalue weighted by atomic mass is 16.5. The summed E-state index contributed by atoms with van der Waals surface area (Å²) in [5.41, 5.74) is 1.89. The van der Waals surface area contributed by atoms with Crippen LogP contribution in [0.5, 0.6) is 5.75 Å². The second-order valence-electron chi connectivity index (χ2n) is 6.75. The fourth-order valence-electron chi connectivity index (χ4n) is 3.13. The van der Waals surface area contributed by atoms with Crippen LogP contribution in [0.2, 0.25) is 0 Å². The van der Waals surface area contributed by atoms with Crippen molar-refractivity contribution in [2.24, 2.45) is 0 Å². The predicted octanol–water partition coefficient (Wildman–Crippen LogP) is 2.98. The number of hydrogen-bond donors (Lipinski definition) is 1. The van der Waals surface area contributed by atoms with Gasteiger partial charge < -0.3 is 19.0 Å². The highest BCUT2D eigenvalue weighted by Gasteiger charge is 2.09. The lowest BCUT2D eigenvalue weighted by atomic mass is 10.1. The Morgan fingerprint density at radius 3 is 2.81 bits per heavy atom. The normalized spacial score (nSPS) is 11.3. The van der Waals surface area contributed by atoms with Gasteiger partial charge in [0.1, 0.15) is 17.0 Å². The van der Waals surface area contributed by atoms with Gasteiger partial charge in [0.25, 0.3) is 5.56 Å². The largest absolute Gasteiger partial charge is 0.494 e. The number of carbonyl (C=O) groups excluding carboxylic acids is 1. The molecule has 3 heterocycles. The lowest BCUT2D eigenvalue weighted by Crippen LogP contribution is -2.30. The van der Waals surface area contributed by atoms with Gasteiger partial charge in [0.05, 0.1) is 18.6 Å². The van der Waals surface area contributed by atoms with Crippen LogP contribution in [-0.2, 0) is 11.3 Å². The number of furan rings is 1. The number of nitrogens with one attached hydrogen (secondary N) is 1. The molecule has 1 N–H and O–H groups in total. The molecule has 0 spiro atoms. The molecule has 0 saturated heterocycles. The van der Waals surface area contributed by atoms with Crippen molar-refractivity contribution in [3.8, 4) is 17.0 Å². The fraction of sp³-hybridized carbons (Fsp3) is 0.174. The van der Waals surface area contributed by atoms with Crippen LogP contribution in [0.1, 0.15) is 12.7 Å². The van der Waals surface area contributed by atoms with Crippen LogP contribution in [-0.4, -0.2) is 33.2 Å². The third kappa shape index (κ3) is 4.75. The number of nitrogens with zero attached hydrogens (tertiary/aromatic N) is 3. The van der Waals surface area contributed by atoms with E-state index in [1.807, 2.05) is 31.2 Å². The van der Waals surface area contributed by atoms with E-state index < -0.39 is 0 Å². The lowest BCUT2D eigenvalue weighted by molar-refractivity contribution is -0.116. The first-order chi connectivity index (χ1) is 15.1. The first-order valence-electron chi connectivity index (χ1n) is 9.95. The van der Waals surface area contributed by atoms with Crippen molar-refractivity contribution in [2.75, 3.05) is 13.2 Å². The summed E-state index contributed by atoms with van der Waals surface area (Å²) in [6.07, 6.45) is 7.91. The van der Waals surface area contributed by atoms with E-state index in [1.54, 1.807) is 45.8 Å². The van der Waals surface area contributed by atoms with Gasteiger partial charge in [-0.05, 0) is 55.5 Å². The van der Waals surface area contributed by atoms with Gasteiger partial charge in [0.2, 0.25) is 5.91 Å². The molecule has 0 atom stereocenters. The zero-order chi connectivity index (χ0) is 21.6. The van der Waals surface area contributed by atoms with Crippen molar-refractivity contribution >= 4 is 17.5 Å². The highest BCUT2D eigenvalue weighted by Crippen LogP contribution is 2.21. The third-order valence-electron chi connectivity index (χ3n) is 4.66. The van der Waals surface area contributed by atoms with Crippen molar-refractivity contribution in [3.05, 3.63) is 83.3 Å². The van der Waals surface area contributed by atoms with Crippen molar-refractivity contribution in [2.45, 2.75) is 13.5 Å². The molecule has 0 saturated carbocycles. The maximum atomic E-state index is 12.8. The average Bonchev–Trinajstić information content (AvgIpc) is 3.45. The Balaban J connectivity index is 1.43. The van der Waals surface area contributed by atoms with Crippen LogP contribution in [0.15, 0.2) is 76.4 Å². The summed E-state index contributed by atoms with van der Waals surface area (Å²) in [6, 6.07) is 12.9. The number of carbonyl (C=O) groups is 1. The summed E-state index contributed by atoms with van der Waals surface area (Å²) in [7, 11) is 0. The number of hydrogen-bond acceptors (Lipinski definition) is 5. The van der Waals surface area contributed by atoms with Crippen molar-refractivity contribution in [3.63, 3.8) is 0 Å². The summed E-state index contributed by atoms with van der Waals surface area (Å²) in [4.78, 5) is 24.7. The highest BCUT2D eigenvalue weighted by molar-refractivity contribution is 5.91. The minimum atomic E-state index is -0.257. The molecule has 0 radical (unpaired) electrons. The quantitative estimate of drug-likeness (QED) is 0.444. The molecule has 0 fully saturated rings. The van der Waals surface area contributed by atoms with Gasteiger partial charge in [-0.2, -0.15) is 5.10 Å². The molecule has 31 heavy (non-hydrogen) atoms. The van der Waals surface area contributed by atoms with E-state index in [2.05, 4.69) is 10.4 Å². The second-order valence-corrected chi connectivity index (χ2v) is 6.75. The van der Waals surface area contributed by atoms with Crippen molar-refractivity contribution < 1.29 is 13.9 Å². The topological polar surface area (TPSA) is 90.8 Å². The molecule has 158 valence electrons. The minimum absolute atomic E-state index is 0.174. The summed E-state index contributed by atoms with van der Waals surface area (Å²) in [6.45, 7) is 3.20. The van der Waals surface area contributed by atoms with Crippen LogP contribution in [0.3, 0.4) is 0 Å². The SMILES string of the molecule is CCOc1ccc(-c2cc3c(=O)n(CCNC(=O)C=Cc4ccco4)ccn3n2)cc1. The molecule has 1 amide bonds. The Bertz CT molecular complexity index is 1250. The molecular weight excluding hydrogens is 396 g/mol. The van der Waals surface area contributed by atoms with Gasteiger partial charge in [-0.25, -0.2) is 4.52 Å². The summed E-state index contributed by atoms with van der Waals surface area (Å²) in [5.74, 6) is 1.13. The number of aromatic nitrogens is 3. The second kappa shape index (κ2) is 9.17. The van der Waals surface area contributed by atoms with Crippen molar-refractivity contribution in [1.29, 1.82) is 0 Å². The van der Waals surface area contributed by atoms with Gasteiger partial charge in [0, 0.05) is 37.1 Å². The Labute approximate surface area is 178 Å². The molecule has 8 nitrogen and oxygen atoms in total. The van der Waals surface area contributed by atoms with Gasteiger partial charge in [-0.3, -0.25) is 9.59 Å². The number of ether oxygens (including phenoxy) is 1. The summed E-state index contributed by atoms with van der Waals surface area (Å²) in [5, 5.41) is 7.25. The smallest absolute Gasteiger partial charge is 0.276 e. The van der Waals surface area contributed by atoms with Crippen molar-refractivity contribution in [1.82, 2.24) is 19.5 Å². The Hall–Kier alpha value is -4.07. The third-order valence-corrected chi connectivity index (χ3v) is 4.66. The van der Waals surface area contributed by atoms with Crippen LogP contribution in [0.4, 0.5) is 0 Å². The van der Waals surface area contributed by atoms with Crippen LogP contribution < -0.4 is 15.6 Å². The number of benzene rings is 1. The molecule has 3 aromatic heterocycles. The maximum Gasteiger partial charge on any atom is 0.276 e. The van der Waals surface area contributed by atoms with Crippen LogP contribution in [0, 0.1) is 0 Å². The molecule has 0 aliphatic carbocycles.